The van der Waals surface area contributed by atoms with E-state index in [4.69, 9.17) is 16.3 Å². The van der Waals surface area contributed by atoms with E-state index in [1.807, 2.05) is 6.92 Å². The Kier molecular flexibility index (Phi) is 7.15. The topological polar surface area (TPSA) is 61.8 Å². The van der Waals surface area contributed by atoms with Gasteiger partial charge < -0.3 is 15.2 Å². The Morgan fingerprint density at radius 1 is 1.48 bits per heavy atom. The molecule has 0 radical (unpaired) electrons. The molecule has 1 heterocycles. The lowest BCUT2D eigenvalue weighted by Crippen LogP contribution is -2.49. The number of β-amino-alcohol motifs (C(OH)–C–C–N with tert-alkyl or cyclic N) is 1. The van der Waals surface area contributed by atoms with E-state index in [0.717, 1.165) is 25.9 Å². The summed E-state index contributed by atoms with van der Waals surface area (Å²) in [6, 6.07) is 7.27. The number of amides is 1. The lowest BCUT2D eigenvalue weighted by Gasteiger charge is -2.34. The molecule has 0 saturated carbocycles. The first-order chi connectivity index (χ1) is 11.1. The fraction of sp³-hybridized carbons (Fsp3) is 0.588. The minimum absolute atomic E-state index is 0.0865. The number of nitrogens with one attached hydrogen (secondary N) is 1. The average Bonchev–Trinajstić information content (AvgIpc) is 2.54. The molecule has 128 valence electrons. The van der Waals surface area contributed by atoms with E-state index in [1.165, 1.54) is 0 Å². The second-order valence-corrected chi connectivity index (χ2v) is 6.37. The molecule has 0 bridgehead atoms. The largest absolute Gasteiger partial charge is 0.491 e. The first-order valence-corrected chi connectivity index (χ1v) is 8.52. The minimum atomic E-state index is -0.564. The maximum absolute atomic E-state index is 11.5. The molecule has 6 heteroatoms. The number of halogens is 1. The van der Waals surface area contributed by atoms with Crippen molar-refractivity contribution in [2.75, 3.05) is 26.2 Å². The van der Waals surface area contributed by atoms with Crippen molar-refractivity contribution >= 4 is 17.5 Å². The molecule has 0 spiro atoms. The van der Waals surface area contributed by atoms with Crippen molar-refractivity contribution in [2.45, 2.75) is 38.3 Å². The van der Waals surface area contributed by atoms with Crippen molar-refractivity contribution in [3.8, 4) is 5.75 Å². The lowest BCUT2D eigenvalue weighted by atomic mass is 10.1. The Labute approximate surface area is 142 Å². The third-order valence-electron chi connectivity index (χ3n) is 3.92. The second kappa shape index (κ2) is 9.11. The summed E-state index contributed by atoms with van der Waals surface area (Å²) in [5.74, 6) is 0.781. The van der Waals surface area contributed by atoms with Gasteiger partial charge in [-0.1, -0.05) is 18.5 Å². The number of rotatable bonds is 7. The Hall–Kier alpha value is -1.30. The second-order valence-electron chi connectivity index (χ2n) is 5.94. The van der Waals surface area contributed by atoms with Crippen LogP contribution in [0.15, 0.2) is 24.3 Å². The van der Waals surface area contributed by atoms with Crippen LogP contribution in [-0.4, -0.2) is 54.3 Å². The summed E-state index contributed by atoms with van der Waals surface area (Å²) in [6.07, 6.45) is 1.97. The van der Waals surface area contributed by atoms with Crippen molar-refractivity contribution < 1.29 is 14.6 Å². The van der Waals surface area contributed by atoms with Gasteiger partial charge in [-0.3, -0.25) is 9.69 Å². The summed E-state index contributed by atoms with van der Waals surface area (Å²) in [6.45, 7) is 4.37. The number of hydrogen-bond acceptors (Lipinski definition) is 4. The van der Waals surface area contributed by atoms with Crippen LogP contribution < -0.4 is 10.1 Å². The zero-order chi connectivity index (χ0) is 16.7. The van der Waals surface area contributed by atoms with Gasteiger partial charge in [0.2, 0.25) is 5.91 Å². The van der Waals surface area contributed by atoms with E-state index in [1.54, 1.807) is 24.3 Å². The number of hydrogen-bond donors (Lipinski definition) is 2. The molecule has 5 nitrogen and oxygen atoms in total. The zero-order valence-corrected chi connectivity index (χ0v) is 14.3. The van der Waals surface area contributed by atoms with E-state index in [-0.39, 0.29) is 18.6 Å². The quantitative estimate of drug-likeness (QED) is 0.797. The highest BCUT2D eigenvalue weighted by atomic mass is 35.5. The Balaban J connectivity index is 1.72. The summed E-state index contributed by atoms with van der Waals surface area (Å²) in [5, 5.41) is 13.8. The van der Waals surface area contributed by atoms with Crippen LogP contribution in [0.1, 0.15) is 26.2 Å². The highest BCUT2D eigenvalue weighted by molar-refractivity contribution is 6.30. The first kappa shape index (κ1) is 18.0. The number of carbonyl (C=O) groups is 1. The highest BCUT2D eigenvalue weighted by Gasteiger charge is 2.22. The molecule has 0 aromatic heterocycles. The van der Waals surface area contributed by atoms with Crippen LogP contribution in [0.25, 0.3) is 0 Å². The minimum Gasteiger partial charge on any atom is -0.491 e. The number of ether oxygens (including phenoxy) is 1. The van der Waals surface area contributed by atoms with Crippen LogP contribution in [0, 0.1) is 0 Å². The number of benzene rings is 1. The van der Waals surface area contributed by atoms with Gasteiger partial charge in [-0.2, -0.15) is 0 Å². The van der Waals surface area contributed by atoms with Gasteiger partial charge in [0.1, 0.15) is 18.5 Å². The van der Waals surface area contributed by atoms with Gasteiger partial charge in [-0.15, -0.1) is 0 Å². The van der Waals surface area contributed by atoms with Crippen LogP contribution >= 0.6 is 11.6 Å². The van der Waals surface area contributed by atoms with Gasteiger partial charge in [-0.25, -0.2) is 0 Å². The van der Waals surface area contributed by atoms with Crippen LogP contribution in [0.5, 0.6) is 5.75 Å². The van der Waals surface area contributed by atoms with Crippen LogP contribution in [0.4, 0.5) is 0 Å². The smallest absolute Gasteiger partial charge is 0.219 e. The molecule has 1 aromatic rings. The summed E-state index contributed by atoms with van der Waals surface area (Å²) >= 11 is 5.82. The molecule has 1 aliphatic rings. The van der Waals surface area contributed by atoms with Crippen LogP contribution in [0.3, 0.4) is 0 Å². The molecule has 2 rings (SSSR count). The molecule has 1 fully saturated rings. The van der Waals surface area contributed by atoms with Crippen molar-refractivity contribution in [1.29, 1.82) is 0 Å². The summed E-state index contributed by atoms with van der Waals surface area (Å²) < 4.78 is 5.57. The number of aliphatic hydroxyl groups is 1. The predicted molar refractivity (Wildman–Crippen MR) is 90.8 cm³/mol. The molecule has 2 unspecified atom stereocenters. The van der Waals surface area contributed by atoms with Gasteiger partial charge in [0.05, 0.1) is 0 Å². The molecule has 1 aromatic carbocycles. The van der Waals surface area contributed by atoms with E-state index in [2.05, 4.69) is 10.2 Å². The summed E-state index contributed by atoms with van der Waals surface area (Å²) in [4.78, 5) is 13.7. The number of aliphatic hydroxyl groups excluding tert-OH is 1. The van der Waals surface area contributed by atoms with Gasteiger partial charge in [0.15, 0.2) is 0 Å². The fourth-order valence-corrected chi connectivity index (χ4v) is 2.87. The molecular formula is C17H25ClN2O3. The molecule has 0 aliphatic carbocycles. The SMILES string of the molecule is CCC(=O)NC1CCCN(CC(O)COc2ccc(Cl)cc2)C1. The predicted octanol–water partition coefficient (Wildman–Crippen LogP) is 2.07. The Morgan fingerprint density at radius 2 is 2.22 bits per heavy atom. The Bertz CT molecular complexity index is 495. The summed E-state index contributed by atoms with van der Waals surface area (Å²) in [5.41, 5.74) is 0. The molecule has 2 N–H and O–H groups in total. The third-order valence-corrected chi connectivity index (χ3v) is 4.17. The van der Waals surface area contributed by atoms with Crippen molar-refractivity contribution in [3.05, 3.63) is 29.3 Å². The van der Waals surface area contributed by atoms with E-state index < -0.39 is 6.10 Å². The maximum Gasteiger partial charge on any atom is 0.219 e. The molecular weight excluding hydrogens is 316 g/mol. The zero-order valence-electron chi connectivity index (χ0n) is 13.5. The molecule has 1 aliphatic heterocycles. The third kappa shape index (κ3) is 6.37. The molecule has 23 heavy (non-hydrogen) atoms. The van der Waals surface area contributed by atoms with Gasteiger partial charge in [0.25, 0.3) is 0 Å². The molecule has 2 atom stereocenters. The number of likely N-dealkylation sites (tertiary alicyclic amines) is 1. The normalized spacial score (nSPS) is 20.0. The van der Waals surface area contributed by atoms with Crippen molar-refractivity contribution in [2.24, 2.45) is 0 Å². The standard InChI is InChI=1S/C17H25ClN2O3/c1-2-17(22)19-14-4-3-9-20(10-14)11-15(21)12-23-16-7-5-13(18)6-8-16/h5-8,14-15,21H,2-4,9-12H2,1H3,(H,19,22). The Morgan fingerprint density at radius 3 is 2.91 bits per heavy atom. The van der Waals surface area contributed by atoms with Crippen molar-refractivity contribution in [1.82, 2.24) is 10.2 Å². The number of nitrogens with zero attached hydrogens (tertiary/aromatic N) is 1. The highest BCUT2D eigenvalue weighted by Crippen LogP contribution is 2.16. The van der Waals surface area contributed by atoms with E-state index in [9.17, 15) is 9.90 Å². The van der Waals surface area contributed by atoms with Crippen LogP contribution in [0.2, 0.25) is 5.02 Å². The van der Waals surface area contributed by atoms with E-state index >= 15 is 0 Å². The lowest BCUT2D eigenvalue weighted by molar-refractivity contribution is -0.121. The molecule has 1 amide bonds. The fourth-order valence-electron chi connectivity index (χ4n) is 2.74. The monoisotopic (exact) mass is 340 g/mol. The first-order valence-electron chi connectivity index (χ1n) is 8.15. The number of carbonyl (C=O) groups excluding carboxylic acids is 1. The van der Waals surface area contributed by atoms with E-state index in [0.29, 0.717) is 23.7 Å². The van der Waals surface area contributed by atoms with Crippen LogP contribution in [-0.2, 0) is 4.79 Å². The van der Waals surface area contributed by atoms with Gasteiger partial charge >= 0.3 is 0 Å². The van der Waals surface area contributed by atoms with Crippen molar-refractivity contribution in [3.63, 3.8) is 0 Å². The maximum atomic E-state index is 11.5. The van der Waals surface area contributed by atoms with Gasteiger partial charge in [0, 0.05) is 30.6 Å². The average molecular weight is 341 g/mol. The summed E-state index contributed by atoms with van der Waals surface area (Å²) in [7, 11) is 0. The number of piperidine rings is 1. The van der Waals surface area contributed by atoms with Gasteiger partial charge in [-0.05, 0) is 43.7 Å². The molecule has 1 saturated heterocycles.